The molecule has 1 aromatic rings. The van der Waals surface area contributed by atoms with Crippen molar-refractivity contribution in [1.29, 1.82) is 0 Å². The average Bonchev–Trinajstić information content (AvgIpc) is 2.65. The number of nitrogens with one attached hydrogen (secondary N) is 3. The van der Waals surface area contributed by atoms with E-state index in [0.29, 0.717) is 5.57 Å². The number of thioether (sulfide) groups is 1. The van der Waals surface area contributed by atoms with Crippen LogP contribution in [0.25, 0.3) is 0 Å². The molecule has 0 saturated carbocycles. The molecule has 0 aliphatic carbocycles. The van der Waals surface area contributed by atoms with E-state index in [1.807, 2.05) is 52.0 Å². The molecule has 1 fully saturated rings. The third kappa shape index (κ3) is 4.78. The molecule has 0 aromatic heterocycles. The van der Waals surface area contributed by atoms with Crippen molar-refractivity contribution in [2.75, 3.05) is 5.75 Å². The van der Waals surface area contributed by atoms with Crippen LogP contribution in [0.4, 0.5) is 0 Å². The molecule has 1 saturated heterocycles. The van der Waals surface area contributed by atoms with Crippen molar-refractivity contribution in [2.45, 2.75) is 64.7 Å². The van der Waals surface area contributed by atoms with Gasteiger partial charge in [0.1, 0.15) is 5.50 Å². The third-order valence-corrected chi connectivity index (χ3v) is 6.43. The molecule has 4 unspecified atom stereocenters. The molecule has 3 rings (SSSR count). The topological polar surface area (TPSA) is 79.5 Å². The van der Waals surface area contributed by atoms with Gasteiger partial charge in [-0.05, 0) is 45.4 Å². The molecule has 6 nitrogen and oxygen atoms in total. The lowest BCUT2D eigenvalue weighted by Crippen LogP contribution is -2.67. The monoisotopic (exact) mass is 417 g/mol. The number of aryl methyl sites for hydroxylation is 1. The number of allylic oxidation sites excluding steroid dienone is 1. The van der Waals surface area contributed by atoms with Crippen molar-refractivity contribution in [2.24, 2.45) is 5.92 Å². The number of amides is 1. The van der Waals surface area contributed by atoms with Crippen LogP contribution in [0.2, 0.25) is 0 Å². The zero-order valence-corrected chi connectivity index (χ0v) is 18.6. The molecular weight excluding hydrogens is 386 g/mol. The van der Waals surface area contributed by atoms with Crippen LogP contribution >= 0.6 is 11.8 Å². The molecule has 158 valence electrons. The van der Waals surface area contributed by atoms with Crippen LogP contribution in [0.15, 0.2) is 35.5 Å². The van der Waals surface area contributed by atoms with Crippen LogP contribution < -0.4 is 16.0 Å². The summed E-state index contributed by atoms with van der Waals surface area (Å²) in [6.45, 7) is 9.69. The van der Waals surface area contributed by atoms with E-state index in [9.17, 15) is 9.59 Å². The maximum Gasteiger partial charge on any atom is 0.336 e. The average molecular weight is 418 g/mol. The highest BCUT2D eigenvalue weighted by Crippen LogP contribution is 2.41. The fourth-order valence-electron chi connectivity index (χ4n) is 3.92. The van der Waals surface area contributed by atoms with Gasteiger partial charge in [-0.2, -0.15) is 0 Å². The van der Waals surface area contributed by atoms with E-state index in [-0.39, 0.29) is 35.6 Å². The highest BCUT2D eigenvalue weighted by atomic mass is 32.2. The van der Waals surface area contributed by atoms with Gasteiger partial charge in [0.05, 0.1) is 23.8 Å². The number of benzene rings is 1. The summed E-state index contributed by atoms with van der Waals surface area (Å²) >= 11 is 1.68. The van der Waals surface area contributed by atoms with Crippen LogP contribution in [0.1, 0.15) is 51.2 Å². The molecule has 2 aliphatic heterocycles. The van der Waals surface area contributed by atoms with Gasteiger partial charge >= 0.3 is 5.97 Å². The number of hydrogen-bond donors (Lipinski definition) is 3. The molecular formula is C22H31N3O3S. The number of rotatable bonds is 6. The summed E-state index contributed by atoms with van der Waals surface area (Å²) < 4.78 is 5.53. The van der Waals surface area contributed by atoms with Gasteiger partial charge in [-0.3, -0.25) is 10.1 Å². The van der Waals surface area contributed by atoms with Crippen molar-refractivity contribution in [3.8, 4) is 0 Å². The minimum Gasteiger partial charge on any atom is -0.460 e. The third-order valence-electron chi connectivity index (χ3n) is 5.20. The maximum atomic E-state index is 13.2. The first-order valence-electron chi connectivity index (χ1n) is 10.2. The normalized spacial score (nSPS) is 26.6. The van der Waals surface area contributed by atoms with Crippen LogP contribution in [0.5, 0.6) is 0 Å². The summed E-state index contributed by atoms with van der Waals surface area (Å²) in [5, 5.41) is 9.93. The fraction of sp³-hybridized carbons (Fsp3) is 0.545. The van der Waals surface area contributed by atoms with Gasteiger partial charge < -0.3 is 15.4 Å². The highest BCUT2D eigenvalue weighted by Gasteiger charge is 2.48. The van der Waals surface area contributed by atoms with Gasteiger partial charge in [0.2, 0.25) is 5.91 Å². The SMILES string of the molecule is CCCSC1NC(=O)C2C(NC(C)=C(C(=O)OC(C)C)C2c2ccc(C)cc2)N1. The number of carbonyl (C=O) groups is 2. The van der Waals surface area contributed by atoms with E-state index in [1.165, 1.54) is 0 Å². The standard InChI is InChI=1S/C22H31N3O3S/c1-6-11-29-22-24-19-18(20(26)25-22)17(15-9-7-13(4)8-10-15)16(14(5)23-19)21(27)28-12(2)3/h7-10,12,17-19,22-24H,6,11H2,1-5H3,(H,25,26). The number of ether oxygens (including phenoxy) is 1. The minimum absolute atomic E-state index is 0.0530. The van der Waals surface area contributed by atoms with E-state index < -0.39 is 5.92 Å². The van der Waals surface area contributed by atoms with Crippen molar-refractivity contribution in [3.05, 3.63) is 46.7 Å². The Morgan fingerprint density at radius 3 is 2.48 bits per heavy atom. The Balaban J connectivity index is 2.00. The van der Waals surface area contributed by atoms with Crippen LogP contribution in [0.3, 0.4) is 0 Å². The van der Waals surface area contributed by atoms with E-state index in [4.69, 9.17) is 4.74 Å². The zero-order chi connectivity index (χ0) is 21.1. The second-order valence-corrected chi connectivity index (χ2v) is 9.17. The van der Waals surface area contributed by atoms with Crippen molar-refractivity contribution in [3.63, 3.8) is 0 Å². The number of esters is 1. The van der Waals surface area contributed by atoms with Gasteiger partial charge in [0.15, 0.2) is 0 Å². The van der Waals surface area contributed by atoms with Crippen molar-refractivity contribution < 1.29 is 14.3 Å². The lowest BCUT2D eigenvalue weighted by molar-refractivity contribution is -0.143. The van der Waals surface area contributed by atoms with E-state index >= 15 is 0 Å². The maximum absolute atomic E-state index is 13.2. The van der Waals surface area contributed by atoms with Gasteiger partial charge in [0, 0.05) is 11.6 Å². The predicted octanol–water partition coefficient (Wildman–Crippen LogP) is 3.00. The van der Waals surface area contributed by atoms with E-state index in [2.05, 4.69) is 22.9 Å². The minimum atomic E-state index is -0.449. The lowest BCUT2D eigenvalue weighted by Gasteiger charge is -2.45. The summed E-state index contributed by atoms with van der Waals surface area (Å²) in [6, 6.07) is 8.04. The Morgan fingerprint density at radius 2 is 1.86 bits per heavy atom. The first kappa shape index (κ1) is 21.7. The molecule has 1 aromatic carbocycles. The molecule has 0 bridgehead atoms. The summed E-state index contributed by atoms with van der Waals surface area (Å²) in [6.07, 6.45) is 0.559. The molecule has 3 N–H and O–H groups in total. The van der Waals surface area contributed by atoms with Gasteiger partial charge in [-0.15, -0.1) is 11.8 Å². The summed E-state index contributed by atoms with van der Waals surface area (Å²) in [5.74, 6) is -0.295. The first-order chi connectivity index (χ1) is 13.8. The quantitative estimate of drug-likeness (QED) is 0.618. The van der Waals surface area contributed by atoms with E-state index in [1.54, 1.807) is 11.8 Å². The first-order valence-corrected chi connectivity index (χ1v) is 11.3. The Labute approximate surface area is 177 Å². The predicted molar refractivity (Wildman–Crippen MR) is 116 cm³/mol. The molecule has 4 atom stereocenters. The molecule has 2 heterocycles. The largest absolute Gasteiger partial charge is 0.460 e. The fourth-order valence-corrected chi connectivity index (χ4v) is 4.83. The Hall–Kier alpha value is -1.99. The Bertz CT molecular complexity index is 791. The smallest absolute Gasteiger partial charge is 0.336 e. The molecule has 0 spiro atoms. The second kappa shape index (κ2) is 9.22. The van der Waals surface area contributed by atoms with Crippen LogP contribution in [-0.2, 0) is 14.3 Å². The van der Waals surface area contributed by atoms with Crippen molar-refractivity contribution >= 4 is 23.6 Å². The summed E-state index contributed by atoms with van der Waals surface area (Å²) in [5.41, 5.74) is 3.21. The second-order valence-electron chi connectivity index (χ2n) is 7.95. The molecule has 7 heteroatoms. The Kier molecular flexibility index (Phi) is 6.90. The summed E-state index contributed by atoms with van der Waals surface area (Å²) in [4.78, 5) is 26.2. The van der Waals surface area contributed by atoms with Crippen LogP contribution in [0, 0.1) is 12.8 Å². The van der Waals surface area contributed by atoms with Gasteiger partial charge in [0.25, 0.3) is 0 Å². The number of carbonyl (C=O) groups excluding carboxylic acids is 2. The highest BCUT2D eigenvalue weighted by molar-refractivity contribution is 7.99. The molecule has 0 radical (unpaired) electrons. The lowest BCUT2D eigenvalue weighted by atomic mass is 9.74. The van der Waals surface area contributed by atoms with Gasteiger partial charge in [-0.25, -0.2) is 4.79 Å². The Morgan fingerprint density at radius 1 is 1.17 bits per heavy atom. The summed E-state index contributed by atoms with van der Waals surface area (Å²) in [7, 11) is 0. The van der Waals surface area contributed by atoms with Gasteiger partial charge in [-0.1, -0.05) is 36.8 Å². The number of hydrogen-bond acceptors (Lipinski definition) is 6. The molecule has 2 aliphatic rings. The van der Waals surface area contributed by atoms with Crippen LogP contribution in [-0.4, -0.2) is 35.4 Å². The van der Waals surface area contributed by atoms with E-state index in [0.717, 1.165) is 29.0 Å². The van der Waals surface area contributed by atoms with Crippen molar-refractivity contribution in [1.82, 2.24) is 16.0 Å². The number of fused-ring (bicyclic) bond motifs is 1. The molecule has 1 amide bonds. The molecule has 29 heavy (non-hydrogen) atoms. The zero-order valence-electron chi connectivity index (χ0n) is 17.7.